The lowest BCUT2D eigenvalue weighted by Gasteiger charge is -2.26. The Kier molecular flexibility index (Phi) is 10.2. The van der Waals surface area contributed by atoms with E-state index in [0.29, 0.717) is 5.56 Å². The van der Waals surface area contributed by atoms with Gasteiger partial charge in [0.1, 0.15) is 23.9 Å². The van der Waals surface area contributed by atoms with Crippen LogP contribution in [0.25, 0.3) is 0 Å². The van der Waals surface area contributed by atoms with Crippen molar-refractivity contribution < 1.29 is 39.3 Å². The van der Waals surface area contributed by atoms with Crippen LogP contribution in [0.3, 0.4) is 0 Å². The minimum Gasteiger partial charge on any atom is -0.508 e. The highest BCUT2D eigenvalue weighted by atomic mass is 16.4. The Hall–Kier alpha value is -3.71. The van der Waals surface area contributed by atoms with Crippen molar-refractivity contribution in [1.82, 2.24) is 16.0 Å². The Morgan fingerprint density at radius 2 is 1.52 bits per heavy atom. The molecule has 0 heterocycles. The maximum Gasteiger partial charge on any atom is 0.325 e. The molecule has 0 fully saturated rings. The summed E-state index contributed by atoms with van der Waals surface area (Å²) in [5.41, 5.74) is 11.2. The summed E-state index contributed by atoms with van der Waals surface area (Å²) in [5, 5.41) is 35.1. The van der Waals surface area contributed by atoms with Crippen molar-refractivity contribution in [3.63, 3.8) is 0 Å². The number of phenolic OH excluding ortho intramolecular Hbond substituents is 1. The molecule has 182 valence electrons. The number of aliphatic hydroxyl groups is 1. The monoisotopic (exact) mass is 467 g/mol. The standard InChI is InChI=1S/C20H29N5O8/c1-9(20(32)33)23-19(31)16(10(2)26)25-18(30)14(7-11-3-5-12(27)6-4-11)24-17(29)13(21)8-15(22)28/h3-6,9-10,13-14,16,26-27H,7-8,21H2,1-2H3,(H2,22,28)(H,23,31)(H,24,29)(H,25,30)(H,32,33). The smallest absolute Gasteiger partial charge is 0.325 e. The van der Waals surface area contributed by atoms with Crippen molar-refractivity contribution in [1.29, 1.82) is 0 Å². The molecule has 0 saturated heterocycles. The first kappa shape index (κ1) is 27.3. The van der Waals surface area contributed by atoms with Gasteiger partial charge in [-0.2, -0.15) is 0 Å². The molecule has 13 heteroatoms. The Balaban J connectivity index is 3.07. The number of rotatable bonds is 12. The van der Waals surface area contributed by atoms with Gasteiger partial charge >= 0.3 is 5.97 Å². The van der Waals surface area contributed by atoms with Crippen LogP contribution in [0.15, 0.2) is 24.3 Å². The molecule has 1 rings (SSSR count). The van der Waals surface area contributed by atoms with Gasteiger partial charge in [0.05, 0.1) is 18.6 Å². The van der Waals surface area contributed by atoms with Gasteiger partial charge in [-0.15, -0.1) is 0 Å². The summed E-state index contributed by atoms with van der Waals surface area (Å²) in [6, 6.07) is 0.288. The molecule has 0 aliphatic carbocycles. The lowest BCUT2D eigenvalue weighted by Crippen LogP contribution is -2.60. The summed E-state index contributed by atoms with van der Waals surface area (Å²) < 4.78 is 0. The van der Waals surface area contributed by atoms with Gasteiger partial charge < -0.3 is 42.7 Å². The SMILES string of the molecule is CC(NC(=O)C(NC(=O)C(Cc1ccc(O)cc1)NC(=O)C(N)CC(N)=O)C(C)O)C(=O)O. The first-order valence-electron chi connectivity index (χ1n) is 9.95. The molecule has 10 N–H and O–H groups in total. The van der Waals surface area contributed by atoms with E-state index in [2.05, 4.69) is 16.0 Å². The zero-order chi connectivity index (χ0) is 25.3. The van der Waals surface area contributed by atoms with Crippen LogP contribution >= 0.6 is 0 Å². The first-order chi connectivity index (χ1) is 15.3. The minimum atomic E-state index is -1.53. The van der Waals surface area contributed by atoms with Crippen LogP contribution in [0.4, 0.5) is 0 Å². The number of benzene rings is 1. The Bertz CT molecular complexity index is 874. The summed E-state index contributed by atoms with van der Waals surface area (Å²) in [5.74, 6) is -4.86. The van der Waals surface area contributed by atoms with Gasteiger partial charge in [0.15, 0.2) is 0 Å². The van der Waals surface area contributed by atoms with Crippen molar-refractivity contribution in [3.05, 3.63) is 29.8 Å². The number of phenols is 1. The number of nitrogens with two attached hydrogens (primary N) is 2. The van der Waals surface area contributed by atoms with E-state index in [1.807, 2.05) is 0 Å². The largest absolute Gasteiger partial charge is 0.508 e. The molecular weight excluding hydrogens is 438 g/mol. The lowest BCUT2D eigenvalue weighted by atomic mass is 10.0. The highest BCUT2D eigenvalue weighted by Crippen LogP contribution is 2.12. The molecule has 0 bridgehead atoms. The van der Waals surface area contributed by atoms with Gasteiger partial charge in [-0.05, 0) is 31.5 Å². The number of primary amides is 1. The fourth-order valence-electron chi connectivity index (χ4n) is 2.69. The maximum atomic E-state index is 12.9. The topological polar surface area (TPSA) is 234 Å². The van der Waals surface area contributed by atoms with Crippen LogP contribution in [0.1, 0.15) is 25.8 Å². The number of carboxylic acids is 1. The zero-order valence-corrected chi connectivity index (χ0v) is 18.1. The minimum absolute atomic E-state index is 0.0225. The predicted octanol–water partition coefficient (Wildman–Crippen LogP) is -2.92. The van der Waals surface area contributed by atoms with Crippen molar-refractivity contribution in [2.24, 2.45) is 11.5 Å². The highest BCUT2D eigenvalue weighted by molar-refractivity contribution is 5.95. The van der Waals surface area contributed by atoms with Gasteiger partial charge in [-0.1, -0.05) is 12.1 Å². The highest BCUT2D eigenvalue weighted by Gasteiger charge is 2.32. The lowest BCUT2D eigenvalue weighted by molar-refractivity contribution is -0.142. The van der Waals surface area contributed by atoms with Crippen LogP contribution in [0.5, 0.6) is 5.75 Å². The molecule has 4 amide bonds. The van der Waals surface area contributed by atoms with Gasteiger partial charge in [-0.3, -0.25) is 24.0 Å². The number of hydrogen-bond acceptors (Lipinski definition) is 8. The van der Waals surface area contributed by atoms with Crippen molar-refractivity contribution in [3.8, 4) is 5.75 Å². The Labute approximate surface area is 189 Å². The normalized spacial score (nSPS) is 15.3. The van der Waals surface area contributed by atoms with Crippen molar-refractivity contribution in [2.45, 2.75) is 57.0 Å². The summed E-state index contributed by atoms with van der Waals surface area (Å²) in [7, 11) is 0. The second-order valence-corrected chi connectivity index (χ2v) is 7.50. The molecule has 0 radical (unpaired) electrons. The molecule has 33 heavy (non-hydrogen) atoms. The van der Waals surface area contributed by atoms with E-state index in [4.69, 9.17) is 16.6 Å². The number of aliphatic hydroxyl groups excluding tert-OH is 1. The van der Waals surface area contributed by atoms with E-state index in [0.717, 1.165) is 0 Å². The third kappa shape index (κ3) is 9.13. The number of nitrogens with one attached hydrogen (secondary N) is 3. The molecule has 0 aliphatic heterocycles. The molecule has 0 aromatic heterocycles. The Morgan fingerprint density at radius 1 is 0.939 bits per heavy atom. The van der Waals surface area contributed by atoms with E-state index in [1.54, 1.807) is 0 Å². The van der Waals surface area contributed by atoms with E-state index >= 15 is 0 Å². The predicted molar refractivity (Wildman–Crippen MR) is 114 cm³/mol. The molecule has 1 aromatic carbocycles. The maximum absolute atomic E-state index is 12.9. The van der Waals surface area contributed by atoms with E-state index < -0.39 is 66.3 Å². The number of amides is 4. The van der Waals surface area contributed by atoms with Crippen molar-refractivity contribution in [2.75, 3.05) is 0 Å². The average molecular weight is 467 g/mol. The number of carbonyl (C=O) groups excluding carboxylic acids is 4. The molecule has 0 spiro atoms. The molecule has 0 saturated carbocycles. The van der Waals surface area contributed by atoms with Crippen LogP contribution in [0.2, 0.25) is 0 Å². The van der Waals surface area contributed by atoms with Crippen molar-refractivity contribution >= 4 is 29.6 Å². The fraction of sp³-hybridized carbons (Fsp3) is 0.450. The van der Waals surface area contributed by atoms with Gasteiger partial charge in [0.25, 0.3) is 0 Å². The quantitative estimate of drug-likeness (QED) is 0.157. The van der Waals surface area contributed by atoms with E-state index in [9.17, 15) is 34.2 Å². The third-order valence-electron chi connectivity index (χ3n) is 4.56. The average Bonchev–Trinajstić information content (AvgIpc) is 2.71. The first-order valence-corrected chi connectivity index (χ1v) is 9.95. The Morgan fingerprint density at radius 3 is 2.00 bits per heavy atom. The summed E-state index contributed by atoms with van der Waals surface area (Å²) in [4.78, 5) is 59.6. The second kappa shape index (κ2) is 12.4. The van der Waals surface area contributed by atoms with Gasteiger partial charge in [0, 0.05) is 6.42 Å². The van der Waals surface area contributed by atoms with Crippen LogP contribution in [-0.4, -0.2) is 75.2 Å². The van der Waals surface area contributed by atoms with Crippen LogP contribution < -0.4 is 27.4 Å². The summed E-state index contributed by atoms with van der Waals surface area (Å²) in [6.45, 7) is 2.42. The number of aliphatic carboxylic acids is 1. The molecule has 13 nitrogen and oxygen atoms in total. The van der Waals surface area contributed by atoms with Crippen LogP contribution in [0, 0.1) is 0 Å². The third-order valence-corrected chi connectivity index (χ3v) is 4.56. The molecule has 5 atom stereocenters. The summed E-state index contributed by atoms with van der Waals surface area (Å²) in [6.07, 6.45) is -1.97. The number of hydrogen-bond donors (Lipinski definition) is 8. The zero-order valence-electron chi connectivity index (χ0n) is 18.1. The fourth-order valence-corrected chi connectivity index (χ4v) is 2.69. The van der Waals surface area contributed by atoms with Crippen LogP contribution in [-0.2, 0) is 30.4 Å². The number of carbonyl (C=O) groups is 5. The molecular formula is C20H29N5O8. The summed E-state index contributed by atoms with van der Waals surface area (Å²) >= 11 is 0. The van der Waals surface area contributed by atoms with Gasteiger partial charge in [-0.25, -0.2) is 0 Å². The van der Waals surface area contributed by atoms with E-state index in [-0.39, 0.29) is 12.2 Å². The molecule has 1 aromatic rings. The number of carboxylic acid groups (broad SMARTS) is 1. The number of aromatic hydroxyl groups is 1. The molecule has 5 unspecified atom stereocenters. The van der Waals surface area contributed by atoms with Gasteiger partial charge in [0.2, 0.25) is 23.6 Å². The second-order valence-electron chi connectivity index (χ2n) is 7.50. The molecule has 0 aliphatic rings. The van der Waals surface area contributed by atoms with E-state index in [1.165, 1.54) is 38.1 Å².